The van der Waals surface area contributed by atoms with Crippen LogP contribution in [0, 0.1) is 20.8 Å². The molecule has 11 heteroatoms. The number of carbonyl (C=O) groups excluding carboxylic acids is 2. The number of nitrogens with zero attached hydrogens (tertiary/aromatic N) is 3. The SMILES string of the molecule is Cc1cc(C)n(CC(=O)N[C@@H]2CS(=O)(=O)C[C@@H]2NC(=O)c2cc(C)on2)n1. The van der Waals surface area contributed by atoms with E-state index in [1.165, 1.54) is 6.07 Å². The number of hydrogen-bond acceptors (Lipinski definition) is 7. The van der Waals surface area contributed by atoms with Gasteiger partial charge >= 0.3 is 0 Å². The normalized spacial score (nSPS) is 21.1. The summed E-state index contributed by atoms with van der Waals surface area (Å²) in [7, 11) is -3.39. The second kappa shape index (κ2) is 7.14. The average Bonchev–Trinajstić information content (AvgIpc) is 3.18. The molecule has 3 heterocycles. The van der Waals surface area contributed by atoms with Crippen LogP contribution in [-0.4, -0.2) is 58.8 Å². The third-order valence-electron chi connectivity index (χ3n) is 4.27. The Balaban J connectivity index is 1.67. The third-order valence-corrected chi connectivity index (χ3v) is 6.01. The molecule has 2 aromatic heterocycles. The highest BCUT2D eigenvalue weighted by atomic mass is 32.2. The molecule has 1 aliphatic heterocycles. The molecule has 1 saturated heterocycles. The zero-order chi connectivity index (χ0) is 19.8. The predicted octanol–water partition coefficient (Wildman–Crippen LogP) is -0.492. The molecule has 2 N–H and O–H groups in total. The Morgan fingerprint density at radius 3 is 2.41 bits per heavy atom. The van der Waals surface area contributed by atoms with Crippen LogP contribution in [0.1, 0.15) is 27.6 Å². The van der Waals surface area contributed by atoms with Crippen LogP contribution < -0.4 is 10.6 Å². The van der Waals surface area contributed by atoms with E-state index in [4.69, 9.17) is 4.52 Å². The highest BCUT2D eigenvalue weighted by Gasteiger charge is 2.39. The lowest BCUT2D eigenvalue weighted by atomic mass is 10.1. The maximum absolute atomic E-state index is 12.3. The number of amides is 2. The molecule has 2 atom stereocenters. The summed E-state index contributed by atoms with van der Waals surface area (Å²) in [5.74, 6) is -0.945. The molecule has 0 bridgehead atoms. The number of nitrogens with one attached hydrogen (secondary N) is 2. The molecule has 3 rings (SSSR count). The monoisotopic (exact) mass is 395 g/mol. The largest absolute Gasteiger partial charge is 0.361 e. The van der Waals surface area contributed by atoms with E-state index in [0.29, 0.717) is 5.76 Å². The topological polar surface area (TPSA) is 136 Å². The smallest absolute Gasteiger partial charge is 0.273 e. The minimum atomic E-state index is -3.39. The number of aryl methyl sites for hydroxylation is 3. The highest BCUT2D eigenvalue weighted by molar-refractivity contribution is 7.91. The molecule has 0 aromatic carbocycles. The van der Waals surface area contributed by atoms with Crippen molar-refractivity contribution in [1.82, 2.24) is 25.6 Å². The van der Waals surface area contributed by atoms with Crippen molar-refractivity contribution >= 4 is 21.7 Å². The summed E-state index contributed by atoms with van der Waals surface area (Å²) in [6, 6.07) is 1.83. The van der Waals surface area contributed by atoms with Crippen molar-refractivity contribution < 1.29 is 22.5 Å². The van der Waals surface area contributed by atoms with Gasteiger partial charge in [0.05, 0.1) is 29.3 Å². The van der Waals surface area contributed by atoms with Crippen molar-refractivity contribution in [2.24, 2.45) is 0 Å². The van der Waals surface area contributed by atoms with Crippen molar-refractivity contribution in [2.45, 2.75) is 39.4 Å². The second-order valence-electron chi connectivity index (χ2n) is 6.74. The predicted molar refractivity (Wildman–Crippen MR) is 94.8 cm³/mol. The fourth-order valence-corrected chi connectivity index (χ4v) is 4.93. The fraction of sp³-hybridized carbons (Fsp3) is 0.500. The zero-order valence-electron chi connectivity index (χ0n) is 15.2. The summed E-state index contributed by atoms with van der Waals surface area (Å²) in [6.45, 7) is 5.27. The first-order valence-electron chi connectivity index (χ1n) is 8.38. The minimum absolute atomic E-state index is 0.0284. The molecule has 1 fully saturated rings. The molecule has 2 amide bonds. The molecule has 1 aliphatic rings. The number of hydrogen-bond donors (Lipinski definition) is 2. The van der Waals surface area contributed by atoms with Crippen molar-refractivity contribution in [2.75, 3.05) is 11.5 Å². The van der Waals surface area contributed by atoms with Crippen molar-refractivity contribution in [1.29, 1.82) is 0 Å². The molecule has 2 aromatic rings. The molecule has 10 nitrogen and oxygen atoms in total. The van der Waals surface area contributed by atoms with E-state index < -0.39 is 27.8 Å². The van der Waals surface area contributed by atoms with E-state index in [1.807, 2.05) is 19.9 Å². The zero-order valence-corrected chi connectivity index (χ0v) is 16.0. The highest BCUT2D eigenvalue weighted by Crippen LogP contribution is 2.14. The van der Waals surface area contributed by atoms with Crippen molar-refractivity contribution in [3.8, 4) is 0 Å². The van der Waals surface area contributed by atoms with Gasteiger partial charge < -0.3 is 15.2 Å². The van der Waals surface area contributed by atoms with Gasteiger partial charge in [-0.25, -0.2) is 8.42 Å². The molecule has 0 aliphatic carbocycles. The molecule has 146 valence electrons. The summed E-state index contributed by atoms with van der Waals surface area (Å²) in [6.07, 6.45) is 0. The molecule has 27 heavy (non-hydrogen) atoms. The maximum atomic E-state index is 12.3. The Kier molecular flexibility index (Phi) is 5.05. The molecule has 0 radical (unpaired) electrons. The lowest BCUT2D eigenvalue weighted by molar-refractivity contribution is -0.122. The summed E-state index contributed by atoms with van der Waals surface area (Å²) in [4.78, 5) is 24.6. The Labute approximate surface area is 156 Å². The van der Waals surface area contributed by atoms with Crippen LogP contribution >= 0.6 is 0 Å². The first kappa shape index (κ1) is 19.1. The Hall–Kier alpha value is -2.69. The molecular weight excluding hydrogens is 374 g/mol. The first-order valence-corrected chi connectivity index (χ1v) is 10.2. The van der Waals surface area contributed by atoms with Crippen LogP contribution in [0.3, 0.4) is 0 Å². The van der Waals surface area contributed by atoms with E-state index in [0.717, 1.165) is 11.4 Å². The Morgan fingerprint density at radius 2 is 1.85 bits per heavy atom. The van der Waals surface area contributed by atoms with Gasteiger partial charge in [0.25, 0.3) is 5.91 Å². The van der Waals surface area contributed by atoms with Crippen LogP contribution in [0.25, 0.3) is 0 Å². The Morgan fingerprint density at radius 1 is 1.19 bits per heavy atom. The third kappa shape index (κ3) is 4.54. The minimum Gasteiger partial charge on any atom is -0.361 e. The van der Waals surface area contributed by atoms with E-state index in [9.17, 15) is 18.0 Å². The van der Waals surface area contributed by atoms with Crippen molar-refractivity contribution in [3.63, 3.8) is 0 Å². The Bertz CT molecular complexity index is 977. The van der Waals surface area contributed by atoms with Crippen molar-refractivity contribution in [3.05, 3.63) is 35.0 Å². The van der Waals surface area contributed by atoms with E-state index in [2.05, 4.69) is 20.9 Å². The van der Waals surface area contributed by atoms with Gasteiger partial charge in [0.15, 0.2) is 15.5 Å². The second-order valence-corrected chi connectivity index (χ2v) is 8.89. The van der Waals surface area contributed by atoms with Gasteiger partial charge in [-0.3, -0.25) is 14.3 Å². The molecule has 0 saturated carbocycles. The van der Waals surface area contributed by atoms with E-state index in [1.54, 1.807) is 11.6 Å². The van der Waals surface area contributed by atoms with Gasteiger partial charge in [0.1, 0.15) is 12.3 Å². The molecule has 0 unspecified atom stereocenters. The van der Waals surface area contributed by atoms with Gasteiger partial charge in [-0.1, -0.05) is 5.16 Å². The lowest BCUT2D eigenvalue weighted by Crippen LogP contribution is -2.51. The lowest BCUT2D eigenvalue weighted by Gasteiger charge is -2.20. The van der Waals surface area contributed by atoms with Gasteiger partial charge in [-0.15, -0.1) is 0 Å². The molecule has 0 spiro atoms. The van der Waals surface area contributed by atoms with E-state index in [-0.39, 0.29) is 29.7 Å². The number of aromatic nitrogens is 3. The first-order chi connectivity index (χ1) is 12.6. The average molecular weight is 395 g/mol. The number of carbonyl (C=O) groups is 2. The summed E-state index contributed by atoms with van der Waals surface area (Å²) >= 11 is 0. The van der Waals surface area contributed by atoms with Gasteiger partial charge in [-0.2, -0.15) is 5.10 Å². The maximum Gasteiger partial charge on any atom is 0.273 e. The van der Waals surface area contributed by atoms with Gasteiger partial charge in [0, 0.05) is 11.8 Å². The van der Waals surface area contributed by atoms with Gasteiger partial charge in [-0.05, 0) is 26.8 Å². The number of rotatable bonds is 5. The summed E-state index contributed by atoms with van der Waals surface area (Å²) < 4.78 is 30.4. The van der Waals surface area contributed by atoms with E-state index >= 15 is 0 Å². The fourth-order valence-electron chi connectivity index (χ4n) is 3.07. The summed E-state index contributed by atoms with van der Waals surface area (Å²) in [5.41, 5.74) is 1.68. The standard InChI is InChI=1S/C16H21N5O5S/c1-9-4-10(2)21(19-9)6-15(22)17-13-7-27(24,25)8-14(13)18-16(23)12-5-11(3)26-20-12/h4-5,13-14H,6-8H2,1-3H3,(H,17,22)(H,18,23)/t13-,14+/m1/s1. The summed E-state index contributed by atoms with van der Waals surface area (Å²) in [5, 5.41) is 13.1. The van der Waals surface area contributed by atoms with Crippen LogP contribution in [-0.2, 0) is 21.2 Å². The van der Waals surface area contributed by atoms with Crippen LogP contribution in [0.2, 0.25) is 0 Å². The van der Waals surface area contributed by atoms with Crippen LogP contribution in [0.15, 0.2) is 16.7 Å². The van der Waals surface area contributed by atoms with Crippen LogP contribution in [0.5, 0.6) is 0 Å². The van der Waals surface area contributed by atoms with Gasteiger partial charge in [0.2, 0.25) is 5.91 Å². The number of sulfone groups is 1. The molecular formula is C16H21N5O5S. The van der Waals surface area contributed by atoms with Crippen LogP contribution in [0.4, 0.5) is 0 Å². The quantitative estimate of drug-likeness (QED) is 0.697.